The van der Waals surface area contributed by atoms with Gasteiger partial charge in [0.2, 0.25) is 0 Å². The Morgan fingerprint density at radius 2 is 2.05 bits per heavy atom. The lowest BCUT2D eigenvalue weighted by molar-refractivity contribution is -0.137. The van der Waals surface area contributed by atoms with Crippen LogP contribution in [0.25, 0.3) is 10.6 Å². The molecule has 1 heterocycles. The van der Waals surface area contributed by atoms with Crippen LogP contribution in [0.1, 0.15) is 20.9 Å². The maximum absolute atomic E-state index is 12.6. The molecule has 2 N–H and O–H groups in total. The number of alkyl halides is 3. The molecule has 0 atom stereocenters. The van der Waals surface area contributed by atoms with Crippen LogP contribution in [-0.2, 0) is 6.18 Å². The van der Waals surface area contributed by atoms with Crippen molar-refractivity contribution in [1.29, 1.82) is 0 Å². The number of primary amides is 1. The van der Waals surface area contributed by atoms with E-state index in [2.05, 4.69) is 4.98 Å². The monoisotopic (exact) mass is 286 g/mol. The zero-order valence-electron chi connectivity index (χ0n) is 9.78. The highest BCUT2D eigenvalue weighted by Crippen LogP contribution is 2.34. The summed E-state index contributed by atoms with van der Waals surface area (Å²) in [6, 6.07) is 4.80. The van der Waals surface area contributed by atoms with E-state index in [0.717, 1.165) is 23.5 Å². The minimum atomic E-state index is -4.41. The van der Waals surface area contributed by atoms with Gasteiger partial charge in [-0.1, -0.05) is 12.1 Å². The molecule has 0 aliphatic rings. The van der Waals surface area contributed by atoms with Gasteiger partial charge in [0.25, 0.3) is 5.91 Å². The van der Waals surface area contributed by atoms with Crippen molar-refractivity contribution < 1.29 is 18.0 Å². The largest absolute Gasteiger partial charge is 0.416 e. The first kappa shape index (κ1) is 13.5. The molecular formula is C12H9F3N2OS. The Bertz CT molecular complexity index is 634. The van der Waals surface area contributed by atoms with Gasteiger partial charge in [-0.25, -0.2) is 4.98 Å². The van der Waals surface area contributed by atoms with Gasteiger partial charge in [0.15, 0.2) is 0 Å². The number of thiazole rings is 1. The third-order valence-electron chi connectivity index (χ3n) is 2.47. The summed E-state index contributed by atoms with van der Waals surface area (Å²) in [6.07, 6.45) is -4.41. The summed E-state index contributed by atoms with van der Waals surface area (Å²) < 4.78 is 37.8. The Morgan fingerprint density at radius 3 is 2.58 bits per heavy atom. The van der Waals surface area contributed by atoms with Crippen molar-refractivity contribution in [2.45, 2.75) is 13.1 Å². The zero-order chi connectivity index (χ0) is 14.2. The smallest absolute Gasteiger partial charge is 0.364 e. The number of aryl methyl sites for hydroxylation is 1. The molecule has 0 aliphatic carbocycles. The molecule has 0 unspecified atom stereocenters. The molecule has 0 bridgehead atoms. The Labute approximate surface area is 110 Å². The fourth-order valence-electron chi connectivity index (χ4n) is 1.58. The minimum Gasteiger partial charge on any atom is -0.364 e. The van der Waals surface area contributed by atoms with Crippen LogP contribution in [0, 0.1) is 6.92 Å². The van der Waals surface area contributed by atoms with E-state index in [-0.39, 0.29) is 5.69 Å². The summed E-state index contributed by atoms with van der Waals surface area (Å²) in [5, 5.41) is 0.345. The fraction of sp³-hybridized carbons (Fsp3) is 0.167. The zero-order valence-corrected chi connectivity index (χ0v) is 10.6. The molecule has 2 rings (SSSR count). The standard InChI is InChI=1S/C12H9F3N2OS/c1-6-9(10(16)18)17-11(19-6)7-3-2-4-8(5-7)12(13,14)15/h2-5H,1H3,(H2,16,18). The van der Waals surface area contributed by atoms with Crippen LogP contribution in [0.4, 0.5) is 13.2 Å². The number of hydrogen-bond donors (Lipinski definition) is 1. The number of hydrogen-bond acceptors (Lipinski definition) is 3. The number of carbonyl (C=O) groups is 1. The third-order valence-corrected chi connectivity index (χ3v) is 3.49. The molecule has 1 amide bonds. The van der Waals surface area contributed by atoms with Crippen LogP contribution >= 0.6 is 11.3 Å². The number of aromatic nitrogens is 1. The first-order chi connectivity index (χ1) is 8.79. The van der Waals surface area contributed by atoms with Crippen molar-refractivity contribution in [3.63, 3.8) is 0 Å². The molecular weight excluding hydrogens is 277 g/mol. The van der Waals surface area contributed by atoms with E-state index in [1.807, 2.05) is 0 Å². The number of rotatable bonds is 2. The summed E-state index contributed by atoms with van der Waals surface area (Å²) >= 11 is 1.14. The lowest BCUT2D eigenvalue weighted by Gasteiger charge is -2.07. The van der Waals surface area contributed by atoms with E-state index in [1.54, 1.807) is 6.92 Å². The van der Waals surface area contributed by atoms with E-state index in [0.29, 0.717) is 15.4 Å². The first-order valence-corrected chi connectivity index (χ1v) is 6.05. The summed E-state index contributed by atoms with van der Waals surface area (Å²) in [5.41, 5.74) is 4.79. The molecule has 0 saturated heterocycles. The molecule has 0 fully saturated rings. The maximum atomic E-state index is 12.6. The maximum Gasteiger partial charge on any atom is 0.416 e. The van der Waals surface area contributed by atoms with Crippen LogP contribution < -0.4 is 5.73 Å². The van der Waals surface area contributed by atoms with E-state index in [9.17, 15) is 18.0 Å². The predicted octanol–water partition coefficient (Wildman–Crippen LogP) is 3.24. The van der Waals surface area contributed by atoms with Crippen molar-refractivity contribution in [3.05, 3.63) is 40.4 Å². The topological polar surface area (TPSA) is 56.0 Å². The molecule has 1 aromatic carbocycles. The molecule has 2 aromatic rings. The van der Waals surface area contributed by atoms with E-state index < -0.39 is 17.6 Å². The van der Waals surface area contributed by atoms with Gasteiger partial charge < -0.3 is 5.73 Å². The van der Waals surface area contributed by atoms with Crippen molar-refractivity contribution in [2.24, 2.45) is 5.73 Å². The highest BCUT2D eigenvalue weighted by atomic mass is 32.1. The van der Waals surface area contributed by atoms with Crippen LogP contribution in [0.5, 0.6) is 0 Å². The molecule has 0 aliphatic heterocycles. The molecule has 1 aromatic heterocycles. The lowest BCUT2D eigenvalue weighted by atomic mass is 10.1. The van der Waals surface area contributed by atoms with E-state index in [4.69, 9.17) is 5.73 Å². The fourth-order valence-corrected chi connectivity index (χ4v) is 2.49. The van der Waals surface area contributed by atoms with E-state index in [1.165, 1.54) is 12.1 Å². The number of nitrogens with two attached hydrogens (primary N) is 1. The van der Waals surface area contributed by atoms with Crippen LogP contribution in [0.3, 0.4) is 0 Å². The second-order valence-electron chi connectivity index (χ2n) is 3.87. The van der Waals surface area contributed by atoms with Crippen LogP contribution in [0.2, 0.25) is 0 Å². The molecule has 0 radical (unpaired) electrons. The van der Waals surface area contributed by atoms with Crippen molar-refractivity contribution in [1.82, 2.24) is 4.98 Å². The SMILES string of the molecule is Cc1sc(-c2cccc(C(F)(F)F)c2)nc1C(N)=O. The number of amides is 1. The average Bonchev–Trinajstić information content (AvgIpc) is 2.70. The Hall–Kier alpha value is -1.89. The van der Waals surface area contributed by atoms with Crippen LogP contribution in [-0.4, -0.2) is 10.9 Å². The van der Waals surface area contributed by atoms with Gasteiger partial charge in [-0.3, -0.25) is 4.79 Å². The van der Waals surface area contributed by atoms with Gasteiger partial charge in [-0.05, 0) is 19.1 Å². The van der Waals surface area contributed by atoms with Gasteiger partial charge in [-0.15, -0.1) is 11.3 Å². The second-order valence-corrected chi connectivity index (χ2v) is 5.07. The third kappa shape index (κ3) is 2.76. The number of benzene rings is 1. The molecule has 0 spiro atoms. The summed E-state index contributed by atoms with van der Waals surface area (Å²) in [4.78, 5) is 15.6. The Balaban J connectivity index is 2.48. The van der Waals surface area contributed by atoms with Crippen molar-refractivity contribution in [2.75, 3.05) is 0 Å². The second kappa shape index (κ2) is 4.65. The number of halogens is 3. The van der Waals surface area contributed by atoms with Gasteiger partial charge in [0, 0.05) is 10.4 Å². The van der Waals surface area contributed by atoms with E-state index >= 15 is 0 Å². The Kier molecular flexibility index (Phi) is 3.32. The first-order valence-electron chi connectivity index (χ1n) is 5.24. The highest BCUT2D eigenvalue weighted by molar-refractivity contribution is 7.15. The quantitative estimate of drug-likeness (QED) is 0.921. The minimum absolute atomic E-state index is 0.0948. The molecule has 3 nitrogen and oxygen atoms in total. The summed E-state index contributed by atoms with van der Waals surface area (Å²) in [6.45, 7) is 1.65. The van der Waals surface area contributed by atoms with Gasteiger partial charge >= 0.3 is 6.18 Å². The highest BCUT2D eigenvalue weighted by Gasteiger charge is 2.30. The normalized spacial score (nSPS) is 11.6. The van der Waals surface area contributed by atoms with Crippen LogP contribution in [0.15, 0.2) is 24.3 Å². The van der Waals surface area contributed by atoms with Crippen molar-refractivity contribution >= 4 is 17.2 Å². The predicted molar refractivity (Wildman–Crippen MR) is 65.8 cm³/mol. The summed E-state index contributed by atoms with van der Waals surface area (Å²) in [5.74, 6) is -0.688. The molecule has 7 heteroatoms. The summed E-state index contributed by atoms with van der Waals surface area (Å²) in [7, 11) is 0. The Morgan fingerprint density at radius 1 is 1.37 bits per heavy atom. The van der Waals surface area contributed by atoms with Gasteiger partial charge in [0.05, 0.1) is 5.56 Å². The average molecular weight is 286 g/mol. The lowest BCUT2D eigenvalue weighted by Crippen LogP contribution is -2.12. The van der Waals surface area contributed by atoms with Gasteiger partial charge in [-0.2, -0.15) is 13.2 Å². The van der Waals surface area contributed by atoms with Gasteiger partial charge in [0.1, 0.15) is 10.7 Å². The molecule has 19 heavy (non-hydrogen) atoms. The molecule has 0 saturated carbocycles. The van der Waals surface area contributed by atoms with Crippen molar-refractivity contribution in [3.8, 4) is 10.6 Å². The number of carbonyl (C=O) groups excluding carboxylic acids is 1. The molecule has 100 valence electrons. The number of nitrogens with zero attached hydrogens (tertiary/aromatic N) is 1.